The van der Waals surface area contributed by atoms with Crippen molar-refractivity contribution in [2.24, 2.45) is 5.92 Å². The summed E-state index contributed by atoms with van der Waals surface area (Å²) in [7, 11) is 3.95. The van der Waals surface area contributed by atoms with Crippen LogP contribution in [0.25, 0.3) is 0 Å². The van der Waals surface area contributed by atoms with Crippen molar-refractivity contribution in [2.45, 2.75) is 38.1 Å². The second kappa shape index (κ2) is 6.50. The normalized spacial score (nSPS) is 19.6. The highest BCUT2D eigenvalue weighted by Crippen LogP contribution is 2.25. The molecular weight excluding hydrogens is 278 g/mol. The van der Waals surface area contributed by atoms with Crippen molar-refractivity contribution in [3.05, 3.63) is 12.4 Å². The fourth-order valence-electron chi connectivity index (χ4n) is 3.00. The van der Waals surface area contributed by atoms with Crippen molar-refractivity contribution in [1.82, 2.24) is 15.3 Å². The zero-order chi connectivity index (χ0) is 15.5. The molecule has 0 unspecified atom stereocenters. The topological polar surface area (TPSA) is 61.4 Å². The molecular formula is C16H25N5O. The minimum Gasteiger partial charge on any atom is -0.363 e. The van der Waals surface area contributed by atoms with Gasteiger partial charge in [0.25, 0.3) is 0 Å². The number of carbonyl (C=O) groups excluding carboxylic acids is 1. The highest BCUT2D eigenvalue weighted by molar-refractivity contribution is 5.79. The number of hydrogen-bond donors (Lipinski definition) is 1. The summed E-state index contributed by atoms with van der Waals surface area (Å²) in [5.74, 6) is 2.28. The second-order valence-electron chi connectivity index (χ2n) is 6.53. The molecule has 6 nitrogen and oxygen atoms in total. The Morgan fingerprint density at radius 3 is 2.55 bits per heavy atom. The molecule has 3 rings (SSSR count). The third-order valence-corrected chi connectivity index (χ3v) is 4.74. The van der Waals surface area contributed by atoms with Crippen molar-refractivity contribution in [3.8, 4) is 0 Å². The lowest BCUT2D eigenvalue weighted by molar-refractivity contribution is -0.126. The van der Waals surface area contributed by atoms with Gasteiger partial charge in [-0.25, -0.2) is 9.97 Å². The smallest absolute Gasteiger partial charge is 0.223 e. The quantitative estimate of drug-likeness (QED) is 0.912. The zero-order valence-corrected chi connectivity index (χ0v) is 13.5. The summed E-state index contributed by atoms with van der Waals surface area (Å²) >= 11 is 0. The van der Waals surface area contributed by atoms with Crippen LogP contribution in [0.2, 0.25) is 0 Å². The summed E-state index contributed by atoms with van der Waals surface area (Å²) < 4.78 is 0. The van der Waals surface area contributed by atoms with Gasteiger partial charge in [-0.1, -0.05) is 0 Å². The van der Waals surface area contributed by atoms with Gasteiger partial charge >= 0.3 is 0 Å². The molecule has 0 atom stereocenters. The van der Waals surface area contributed by atoms with E-state index in [-0.39, 0.29) is 11.8 Å². The summed E-state index contributed by atoms with van der Waals surface area (Å²) in [6, 6.07) is 2.45. The third-order valence-electron chi connectivity index (χ3n) is 4.74. The SMILES string of the molecule is CN(C)c1cc(N2CCC(C(=O)NC3CCC3)CC2)ncn1. The van der Waals surface area contributed by atoms with E-state index < -0.39 is 0 Å². The molecule has 0 aromatic carbocycles. The van der Waals surface area contributed by atoms with Crippen LogP contribution in [0.15, 0.2) is 12.4 Å². The van der Waals surface area contributed by atoms with Crippen LogP contribution in [-0.4, -0.2) is 49.1 Å². The number of aromatic nitrogens is 2. The molecule has 0 radical (unpaired) electrons. The fourth-order valence-corrected chi connectivity index (χ4v) is 3.00. The van der Waals surface area contributed by atoms with Gasteiger partial charge in [0.15, 0.2) is 0 Å². The predicted octanol–water partition coefficient (Wildman–Crippen LogP) is 1.43. The van der Waals surface area contributed by atoms with E-state index in [9.17, 15) is 4.79 Å². The van der Waals surface area contributed by atoms with Gasteiger partial charge in [-0.05, 0) is 32.1 Å². The molecule has 1 saturated carbocycles. The molecule has 0 spiro atoms. The van der Waals surface area contributed by atoms with Gasteiger partial charge in [0.05, 0.1) is 0 Å². The second-order valence-corrected chi connectivity index (χ2v) is 6.53. The maximum absolute atomic E-state index is 12.2. The van der Waals surface area contributed by atoms with Crippen molar-refractivity contribution < 1.29 is 4.79 Å². The number of amides is 1. The van der Waals surface area contributed by atoms with Crippen molar-refractivity contribution in [2.75, 3.05) is 37.0 Å². The molecule has 1 N–H and O–H groups in total. The van der Waals surface area contributed by atoms with Crippen molar-refractivity contribution in [1.29, 1.82) is 0 Å². The number of nitrogens with one attached hydrogen (secondary N) is 1. The van der Waals surface area contributed by atoms with Crippen LogP contribution in [0.3, 0.4) is 0 Å². The fraction of sp³-hybridized carbons (Fsp3) is 0.688. The van der Waals surface area contributed by atoms with Crippen LogP contribution in [-0.2, 0) is 4.79 Å². The Morgan fingerprint density at radius 1 is 1.23 bits per heavy atom. The first-order valence-corrected chi connectivity index (χ1v) is 8.18. The first kappa shape index (κ1) is 15.1. The van der Waals surface area contributed by atoms with Crippen molar-refractivity contribution in [3.63, 3.8) is 0 Å². The molecule has 2 heterocycles. The minimum atomic E-state index is 0.159. The molecule has 1 saturated heterocycles. The van der Waals surface area contributed by atoms with E-state index in [1.165, 1.54) is 6.42 Å². The molecule has 1 aliphatic heterocycles. The number of nitrogens with zero attached hydrogens (tertiary/aromatic N) is 4. The van der Waals surface area contributed by atoms with E-state index in [4.69, 9.17) is 0 Å². The van der Waals surface area contributed by atoms with E-state index in [0.717, 1.165) is 50.4 Å². The van der Waals surface area contributed by atoms with Gasteiger partial charge < -0.3 is 15.1 Å². The largest absolute Gasteiger partial charge is 0.363 e. The minimum absolute atomic E-state index is 0.159. The first-order valence-electron chi connectivity index (χ1n) is 8.18. The number of anilines is 2. The van der Waals surface area contributed by atoms with Crippen LogP contribution in [0.4, 0.5) is 11.6 Å². The molecule has 1 aromatic rings. The van der Waals surface area contributed by atoms with Crippen LogP contribution in [0.1, 0.15) is 32.1 Å². The van der Waals surface area contributed by atoms with Gasteiger partial charge in [-0.3, -0.25) is 4.79 Å². The zero-order valence-electron chi connectivity index (χ0n) is 13.5. The Hall–Kier alpha value is -1.85. The van der Waals surface area contributed by atoms with Crippen LogP contribution in [0.5, 0.6) is 0 Å². The third kappa shape index (κ3) is 3.31. The molecule has 0 bridgehead atoms. The standard InChI is InChI=1S/C16H25N5O/c1-20(2)14-10-15(18-11-17-14)21-8-6-12(7-9-21)16(22)19-13-4-3-5-13/h10-13H,3-9H2,1-2H3,(H,19,22). The number of hydrogen-bond acceptors (Lipinski definition) is 5. The highest BCUT2D eigenvalue weighted by Gasteiger charge is 2.28. The maximum atomic E-state index is 12.2. The Bertz CT molecular complexity index is 521. The van der Waals surface area contributed by atoms with Crippen molar-refractivity contribution >= 4 is 17.5 Å². The van der Waals surface area contributed by atoms with Crippen LogP contribution < -0.4 is 15.1 Å². The Labute approximate surface area is 131 Å². The van der Waals surface area contributed by atoms with E-state index in [1.807, 2.05) is 25.1 Å². The van der Waals surface area contributed by atoms with E-state index in [1.54, 1.807) is 6.33 Å². The summed E-state index contributed by atoms with van der Waals surface area (Å²) in [5.41, 5.74) is 0. The van der Waals surface area contributed by atoms with Gasteiger partial charge in [-0.15, -0.1) is 0 Å². The molecule has 1 aromatic heterocycles. The highest BCUT2D eigenvalue weighted by atomic mass is 16.2. The van der Waals surface area contributed by atoms with E-state index >= 15 is 0 Å². The Kier molecular flexibility index (Phi) is 4.45. The van der Waals surface area contributed by atoms with Gasteiger partial charge in [0, 0.05) is 45.2 Å². The number of piperidine rings is 1. The lowest BCUT2D eigenvalue weighted by Crippen LogP contribution is -2.46. The molecule has 1 amide bonds. The Morgan fingerprint density at radius 2 is 1.95 bits per heavy atom. The molecule has 6 heteroatoms. The molecule has 2 fully saturated rings. The molecule has 1 aliphatic carbocycles. The summed E-state index contributed by atoms with van der Waals surface area (Å²) in [6.45, 7) is 1.76. The lowest BCUT2D eigenvalue weighted by Gasteiger charge is -2.34. The van der Waals surface area contributed by atoms with Gasteiger partial charge in [0.2, 0.25) is 5.91 Å². The number of rotatable bonds is 4. The predicted molar refractivity (Wildman–Crippen MR) is 87.1 cm³/mol. The van der Waals surface area contributed by atoms with E-state index in [0.29, 0.717) is 6.04 Å². The summed E-state index contributed by atoms with van der Waals surface area (Å²) in [4.78, 5) is 25.1. The average Bonchev–Trinajstić information content (AvgIpc) is 2.51. The van der Waals surface area contributed by atoms with Gasteiger partial charge in [-0.2, -0.15) is 0 Å². The van der Waals surface area contributed by atoms with Crippen LogP contribution >= 0.6 is 0 Å². The lowest BCUT2D eigenvalue weighted by atomic mass is 9.90. The first-order chi connectivity index (χ1) is 10.6. The van der Waals surface area contributed by atoms with E-state index in [2.05, 4.69) is 20.2 Å². The Balaban J connectivity index is 1.54. The summed E-state index contributed by atoms with van der Waals surface area (Å²) in [5, 5.41) is 3.17. The average molecular weight is 303 g/mol. The molecule has 22 heavy (non-hydrogen) atoms. The molecule has 120 valence electrons. The van der Waals surface area contributed by atoms with Crippen LogP contribution in [0, 0.1) is 5.92 Å². The summed E-state index contributed by atoms with van der Waals surface area (Å²) in [6.07, 6.45) is 6.97. The van der Waals surface area contributed by atoms with Gasteiger partial charge in [0.1, 0.15) is 18.0 Å². The monoisotopic (exact) mass is 303 g/mol. The number of carbonyl (C=O) groups is 1. The molecule has 2 aliphatic rings. The maximum Gasteiger partial charge on any atom is 0.223 e.